The van der Waals surface area contributed by atoms with Crippen LogP contribution in [0.4, 0.5) is 0 Å². The van der Waals surface area contributed by atoms with Crippen LogP contribution in [0, 0.1) is 0 Å². The molecular weight excluding hydrogens is 282 g/mol. The molecule has 0 saturated heterocycles. The Bertz CT molecular complexity index is 565. The largest absolute Gasteiger partial charge is 0.507 e. The van der Waals surface area contributed by atoms with Crippen molar-refractivity contribution in [2.45, 2.75) is 13.0 Å². The fourth-order valence-corrected chi connectivity index (χ4v) is 2.50. The second-order valence-electron chi connectivity index (χ2n) is 4.12. The third-order valence-corrected chi connectivity index (χ3v) is 3.66. The SMILES string of the molecule is Oc1ccc(-c2n[nH]c3c2CNCC3)cc1Br. The van der Waals surface area contributed by atoms with Crippen molar-refractivity contribution >= 4 is 15.9 Å². The van der Waals surface area contributed by atoms with Gasteiger partial charge in [-0.05, 0) is 34.1 Å². The molecule has 0 amide bonds. The van der Waals surface area contributed by atoms with Crippen LogP contribution in [-0.2, 0) is 13.0 Å². The third-order valence-electron chi connectivity index (χ3n) is 3.03. The molecule has 1 aliphatic heterocycles. The molecule has 5 heteroatoms. The Morgan fingerprint density at radius 2 is 2.24 bits per heavy atom. The van der Waals surface area contributed by atoms with Crippen molar-refractivity contribution in [1.82, 2.24) is 15.5 Å². The Hall–Kier alpha value is -1.33. The van der Waals surface area contributed by atoms with Gasteiger partial charge < -0.3 is 10.4 Å². The Morgan fingerprint density at radius 1 is 1.35 bits per heavy atom. The van der Waals surface area contributed by atoms with Crippen molar-refractivity contribution in [2.75, 3.05) is 6.54 Å². The maximum Gasteiger partial charge on any atom is 0.129 e. The van der Waals surface area contributed by atoms with Crippen LogP contribution in [-0.4, -0.2) is 21.8 Å². The Kier molecular flexibility index (Phi) is 2.64. The van der Waals surface area contributed by atoms with Crippen LogP contribution in [0.25, 0.3) is 11.3 Å². The van der Waals surface area contributed by atoms with E-state index in [1.807, 2.05) is 12.1 Å². The van der Waals surface area contributed by atoms with E-state index in [0.717, 1.165) is 30.8 Å². The maximum atomic E-state index is 9.49. The van der Waals surface area contributed by atoms with Gasteiger partial charge in [0.25, 0.3) is 0 Å². The van der Waals surface area contributed by atoms with Gasteiger partial charge in [-0.1, -0.05) is 0 Å². The Morgan fingerprint density at radius 3 is 3.06 bits per heavy atom. The summed E-state index contributed by atoms with van der Waals surface area (Å²) in [5.74, 6) is 0.247. The van der Waals surface area contributed by atoms with Gasteiger partial charge >= 0.3 is 0 Å². The summed E-state index contributed by atoms with van der Waals surface area (Å²) >= 11 is 3.32. The number of halogens is 1. The number of phenolic OH excluding ortho intramolecular Hbond substituents is 1. The fraction of sp³-hybridized carbons (Fsp3) is 0.250. The van der Waals surface area contributed by atoms with Crippen LogP contribution in [0.3, 0.4) is 0 Å². The van der Waals surface area contributed by atoms with Crippen molar-refractivity contribution in [3.63, 3.8) is 0 Å². The average molecular weight is 294 g/mol. The molecule has 0 fully saturated rings. The van der Waals surface area contributed by atoms with Gasteiger partial charge in [0, 0.05) is 36.3 Å². The monoisotopic (exact) mass is 293 g/mol. The number of nitrogens with one attached hydrogen (secondary N) is 2. The minimum atomic E-state index is 0.247. The van der Waals surface area contributed by atoms with Crippen LogP contribution in [0.2, 0.25) is 0 Å². The number of rotatable bonds is 1. The van der Waals surface area contributed by atoms with E-state index < -0.39 is 0 Å². The van der Waals surface area contributed by atoms with E-state index in [-0.39, 0.29) is 5.75 Å². The summed E-state index contributed by atoms with van der Waals surface area (Å²) in [6.45, 7) is 1.84. The summed E-state index contributed by atoms with van der Waals surface area (Å²) in [5, 5.41) is 20.3. The summed E-state index contributed by atoms with van der Waals surface area (Å²) in [6, 6.07) is 5.45. The Balaban J connectivity index is 2.09. The molecule has 0 unspecified atom stereocenters. The summed E-state index contributed by atoms with van der Waals surface area (Å²) in [7, 11) is 0. The maximum absolute atomic E-state index is 9.49. The third kappa shape index (κ3) is 1.85. The second kappa shape index (κ2) is 4.16. The minimum absolute atomic E-state index is 0.247. The van der Waals surface area contributed by atoms with Crippen molar-refractivity contribution in [3.8, 4) is 17.0 Å². The first-order valence-corrected chi connectivity index (χ1v) is 6.31. The number of aromatic amines is 1. The highest BCUT2D eigenvalue weighted by atomic mass is 79.9. The number of benzene rings is 1. The second-order valence-corrected chi connectivity index (χ2v) is 4.98. The van der Waals surface area contributed by atoms with Crippen molar-refractivity contribution in [1.29, 1.82) is 0 Å². The molecule has 17 heavy (non-hydrogen) atoms. The van der Waals surface area contributed by atoms with Gasteiger partial charge in [0.1, 0.15) is 5.75 Å². The molecule has 0 atom stereocenters. The van der Waals surface area contributed by atoms with Crippen LogP contribution in [0.1, 0.15) is 11.3 Å². The van der Waals surface area contributed by atoms with Gasteiger partial charge in [-0.3, -0.25) is 5.10 Å². The zero-order chi connectivity index (χ0) is 11.8. The molecule has 1 aliphatic rings. The highest BCUT2D eigenvalue weighted by Gasteiger charge is 2.17. The molecule has 0 spiro atoms. The minimum Gasteiger partial charge on any atom is -0.507 e. The van der Waals surface area contributed by atoms with Gasteiger partial charge in [0.15, 0.2) is 0 Å². The number of aromatic hydroxyl groups is 1. The number of phenols is 1. The molecule has 3 rings (SSSR count). The normalized spacial score (nSPS) is 14.6. The van der Waals surface area contributed by atoms with Crippen LogP contribution < -0.4 is 5.32 Å². The van der Waals surface area contributed by atoms with Gasteiger partial charge in [-0.15, -0.1) is 0 Å². The van der Waals surface area contributed by atoms with Gasteiger partial charge in [-0.2, -0.15) is 5.10 Å². The van der Waals surface area contributed by atoms with Crippen molar-refractivity contribution in [2.24, 2.45) is 0 Å². The quantitative estimate of drug-likeness (QED) is 0.755. The van der Waals surface area contributed by atoms with E-state index in [0.29, 0.717) is 4.47 Å². The summed E-state index contributed by atoms with van der Waals surface area (Å²) in [4.78, 5) is 0. The lowest BCUT2D eigenvalue weighted by Gasteiger charge is -2.13. The molecule has 88 valence electrons. The molecule has 3 N–H and O–H groups in total. The number of aromatic nitrogens is 2. The summed E-state index contributed by atoms with van der Waals surface area (Å²) < 4.78 is 0.690. The Labute approximate surface area is 107 Å². The molecule has 0 aliphatic carbocycles. The molecule has 0 bridgehead atoms. The summed E-state index contributed by atoms with van der Waals surface area (Å²) in [5.41, 5.74) is 4.42. The molecule has 2 heterocycles. The van der Waals surface area contributed by atoms with Crippen LogP contribution in [0.15, 0.2) is 22.7 Å². The molecule has 0 saturated carbocycles. The van der Waals surface area contributed by atoms with E-state index in [1.165, 1.54) is 11.3 Å². The van der Waals surface area contributed by atoms with E-state index >= 15 is 0 Å². The predicted octanol–water partition coefficient (Wildman–Crippen LogP) is 2.19. The number of hydrogen-bond acceptors (Lipinski definition) is 3. The number of nitrogens with zero attached hydrogens (tertiary/aromatic N) is 1. The average Bonchev–Trinajstić information content (AvgIpc) is 2.76. The molecule has 1 aromatic heterocycles. The first kappa shape index (κ1) is 10.8. The number of H-pyrrole nitrogens is 1. The molecule has 4 nitrogen and oxygen atoms in total. The standard InChI is InChI=1S/C12H12BrN3O/c13-9-5-7(1-2-11(9)17)12-8-6-14-4-3-10(8)15-16-12/h1-2,5,14,17H,3-4,6H2,(H,15,16). The van der Waals surface area contributed by atoms with E-state index in [2.05, 4.69) is 31.4 Å². The zero-order valence-corrected chi connectivity index (χ0v) is 10.7. The zero-order valence-electron chi connectivity index (χ0n) is 9.13. The lowest BCUT2D eigenvalue weighted by molar-refractivity contribution is 0.472. The smallest absolute Gasteiger partial charge is 0.129 e. The van der Waals surface area contributed by atoms with E-state index in [1.54, 1.807) is 6.07 Å². The lowest BCUT2D eigenvalue weighted by Crippen LogP contribution is -2.23. The van der Waals surface area contributed by atoms with E-state index in [4.69, 9.17) is 0 Å². The van der Waals surface area contributed by atoms with Crippen LogP contribution in [0.5, 0.6) is 5.75 Å². The molecular formula is C12H12BrN3O. The van der Waals surface area contributed by atoms with Crippen molar-refractivity contribution in [3.05, 3.63) is 33.9 Å². The summed E-state index contributed by atoms with van der Waals surface area (Å²) in [6.07, 6.45) is 0.988. The number of fused-ring (bicyclic) bond motifs is 1. The molecule has 1 aromatic carbocycles. The highest BCUT2D eigenvalue weighted by Crippen LogP contribution is 2.31. The van der Waals surface area contributed by atoms with E-state index in [9.17, 15) is 5.11 Å². The fourth-order valence-electron chi connectivity index (χ4n) is 2.12. The highest BCUT2D eigenvalue weighted by molar-refractivity contribution is 9.10. The predicted molar refractivity (Wildman–Crippen MR) is 68.8 cm³/mol. The van der Waals surface area contributed by atoms with Gasteiger partial charge in [-0.25, -0.2) is 0 Å². The topological polar surface area (TPSA) is 60.9 Å². The van der Waals surface area contributed by atoms with Crippen LogP contribution >= 0.6 is 15.9 Å². The van der Waals surface area contributed by atoms with Crippen molar-refractivity contribution < 1.29 is 5.11 Å². The first-order chi connectivity index (χ1) is 8.25. The lowest BCUT2D eigenvalue weighted by atomic mass is 10.0. The number of hydrogen-bond donors (Lipinski definition) is 3. The molecule has 0 radical (unpaired) electrons. The molecule has 2 aromatic rings. The first-order valence-electron chi connectivity index (χ1n) is 5.51. The van der Waals surface area contributed by atoms with Gasteiger partial charge in [0.05, 0.1) is 10.2 Å². The van der Waals surface area contributed by atoms with Gasteiger partial charge in [0.2, 0.25) is 0 Å².